The van der Waals surface area contributed by atoms with Gasteiger partial charge in [0.1, 0.15) is 0 Å². The van der Waals surface area contributed by atoms with E-state index in [-0.39, 0.29) is 0 Å². The van der Waals surface area contributed by atoms with Gasteiger partial charge in [0.05, 0.1) is 0 Å². The van der Waals surface area contributed by atoms with Crippen LogP contribution in [0.5, 0.6) is 0 Å². The molecule has 7 heavy (non-hydrogen) atoms. The average Bonchev–Trinajstić information content (AvgIpc) is 1.75. The molecule has 0 saturated carbocycles. The van der Waals surface area contributed by atoms with E-state index in [1.165, 1.54) is 24.7 Å². The van der Waals surface area contributed by atoms with Crippen LogP contribution >= 0.6 is 0 Å². The summed E-state index contributed by atoms with van der Waals surface area (Å²) in [5, 5.41) is 0. The molecule has 0 amide bonds. The molecule has 0 heterocycles. The van der Waals surface area contributed by atoms with Crippen LogP contribution in [0.2, 0.25) is 0 Å². The molecule has 0 rings (SSSR count). The number of hydrogen-bond donors (Lipinski definition) is 0. The molecule has 0 aromatic rings. The molecule has 0 aromatic carbocycles. The first-order valence-electron chi connectivity index (χ1n) is 2.14. The molecule has 0 radical (unpaired) electrons. The van der Waals surface area contributed by atoms with Crippen molar-refractivity contribution in [3.8, 4) is 0 Å². The third-order valence-corrected chi connectivity index (χ3v) is 0.500. The molecule has 0 N–H and O–H groups in total. The molecule has 0 aliphatic heterocycles. The van der Waals surface area contributed by atoms with Gasteiger partial charge in [0.2, 0.25) is 0 Å². The van der Waals surface area contributed by atoms with Gasteiger partial charge in [-0.1, -0.05) is 0 Å². The topological polar surface area (TPSA) is 17.1 Å². The van der Waals surface area contributed by atoms with Crippen molar-refractivity contribution in [2.75, 3.05) is 0 Å². The summed E-state index contributed by atoms with van der Waals surface area (Å²) in [6.45, 7) is 7.27. The summed E-state index contributed by atoms with van der Waals surface area (Å²) >= 11 is 1.30. The van der Waals surface area contributed by atoms with Crippen LogP contribution in [0.25, 0.3) is 0 Å². The fraction of sp³-hybridized carbons (Fsp3) is 0.600. The van der Waals surface area contributed by atoms with E-state index in [0.29, 0.717) is 0 Å². The summed E-state index contributed by atoms with van der Waals surface area (Å²) in [5.41, 5.74) is 0. The maximum atomic E-state index is 8.14. The number of unbranched alkanes of at least 4 members (excludes halogenated alkanes) is 2. The van der Waals surface area contributed by atoms with Crippen molar-refractivity contribution in [1.29, 1.82) is 0 Å². The van der Waals surface area contributed by atoms with Crippen LogP contribution in [-0.2, 0) is 21.8 Å². The van der Waals surface area contributed by atoms with Crippen LogP contribution in [0.15, 0.2) is 0 Å². The SMILES string of the molecule is [CH2-]CCC[CH2-].[O]=[Rh]. The quantitative estimate of drug-likeness (QED) is 0.477. The van der Waals surface area contributed by atoms with Gasteiger partial charge >= 0.3 is 21.8 Å². The molecule has 1 nitrogen and oxygen atoms in total. The van der Waals surface area contributed by atoms with E-state index in [9.17, 15) is 0 Å². The molecule has 0 fully saturated rings. The molecular weight excluding hydrogens is 179 g/mol. The zero-order valence-electron chi connectivity index (χ0n) is 4.28. The van der Waals surface area contributed by atoms with Gasteiger partial charge in [-0.25, -0.2) is 0 Å². The monoisotopic (exact) mass is 189 g/mol. The summed E-state index contributed by atoms with van der Waals surface area (Å²) in [6.07, 6.45) is 3.23. The zero-order valence-corrected chi connectivity index (χ0v) is 5.92. The van der Waals surface area contributed by atoms with Crippen LogP contribution in [-0.4, -0.2) is 0 Å². The first kappa shape index (κ1) is 10.4. The molecular formula is C5H10ORh-2. The van der Waals surface area contributed by atoms with Crippen molar-refractivity contribution >= 4 is 0 Å². The van der Waals surface area contributed by atoms with E-state index < -0.39 is 0 Å². The molecule has 2 heteroatoms. The van der Waals surface area contributed by atoms with Crippen molar-refractivity contribution < 1.29 is 21.8 Å². The fourth-order valence-electron chi connectivity index (χ4n) is 0.177. The van der Waals surface area contributed by atoms with E-state index in [1.807, 2.05) is 0 Å². The first-order valence-corrected chi connectivity index (χ1v) is 2.81. The van der Waals surface area contributed by atoms with Crippen molar-refractivity contribution in [1.82, 2.24) is 0 Å². The summed E-state index contributed by atoms with van der Waals surface area (Å²) in [4.78, 5) is 0. The molecule has 0 aliphatic rings. The predicted octanol–water partition coefficient (Wildman–Crippen LogP) is 1.70. The van der Waals surface area contributed by atoms with Crippen molar-refractivity contribution in [2.24, 2.45) is 0 Å². The van der Waals surface area contributed by atoms with Gasteiger partial charge in [-0.3, -0.25) is 0 Å². The number of hydrogen-bond acceptors (Lipinski definition) is 1. The summed E-state index contributed by atoms with van der Waals surface area (Å²) < 4.78 is 8.14. The molecule has 0 saturated heterocycles. The van der Waals surface area contributed by atoms with Gasteiger partial charge < -0.3 is 13.8 Å². The van der Waals surface area contributed by atoms with E-state index in [1.54, 1.807) is 0 Å². The summed E-state index contributed by atoms with van der Waals surface area (Å²) in [6, 6.07) is 0. The van der Waals surface area contributed by atoms with Gasteiger partial charge in [0.15, 0.2) is 0 Å². The number of rotatable bonds is 2. The van der Waals surface area contributed by atoms with Crippen LogP contribution in [0.4, 0.5) is 0 Å². The molecule has 47 valence electrons. The van der Waals surface area contributed by atoms with Crippen LogP contribution in [0, 0.1) is 13.8 Å². The molecule has 0 aromatic heterocycles. The Bertz CT molecular complexity index is 22.0. The Hall–Kier alpha value is 0.423. The Kier molecular flexibility index (Phi) is 24.0. The van der Waals surface area contributed by atoms with Crippen molar-refractivity contribution in [3.05, 3.63) is 13.8 Å². The summed E-state index contributed by atoms with van der Waals surface area (Å²) in [5.74, 6) is 0. The van der Waals surface area contributed by atoms with Crippen LogP contribution in [0.3, 0.4) is 0 Å². The van der Waals surface area contributed by atoms with Gasteiger partial charge in [-0.15, -0.1) is 6.42 Å². The van der Waals surface area contributed by atoms with E-state index in [4.69, 9.17) is 3.57 Å². The molecule has 0 aliphatic carbocycles. The Balaban J connectivity index is 0. The molecule has 0 atom stereocenters. The van der Waals surface area contributed by atoms with Gasteiger partial charge in [0.25, 0.3) is 0 Å². The average molecular weight is 189 g/mol. The van der Waals surface area contributed by atoms with Gasteiger partial charge in [0, 0.05) is 0 Å². The zero-order chi connectivity index (χ0) is 6.12. The Labute approximate surface area is 55.4 Å². The van der Waals surface area contributed by atoms with E-state index in [0.717, 1.165) is 12.8 Å². The van der Waals surface area contributed by atoms with E-state index in [2.05, 4.69) is 13.8 Å². The second-order valence-corrected chi connectivity index (χ2v) is 1.06. The van der Waals surface area contributed by atoms with Crippen LogP contribution in [0.1, 0.15) is 19.3 Å². The second-order valence-electron chi connectivity index (χ2n) is 1.06. The van der Waals surface area contributed by atoms with Gasteiger partial charge in [-0.2, -0.15) is 12.8 Å². The fourth-order valence-corrected chi connectivity index (χ4v) is 0.177. The standard InChI is InChI=1S/C5H10.O.Rh/c1-3-5-4-2;;/h1-5H2;;/q-2;;. The second kappa shape index (κ2) is 16.1. The van der Waals surface area contributed by atoms with Crippen LogP contribution < -0.4 is 0 Å². The van der Waals surface area contributed by atoms with Gasteiger partial charge in [-0.05, 0) is 0 Å². The Morgan fingerprint density at radius 1 is 1.14 bits per heavy atom. The molecule has 0 unspecified atom stereocenters. The molecule has 0 bridgehead atoms. The minimum absolute atomic E-state index is 1.03. The van der Waals surface area contributed by atoms with E-state index >= 15 is 0 Å². The Morgan fingerprint density at radius 3 is 1.43 bits per heavy atom. The predicted molar refractivity (Wildman–Crippen MR) is 25.3 cm³/mol. The molecule has 0 spiro atoms. The maximum absolute atomic E-state index is 8.14. The summed E-state index contributed by atoms with van der Waals surface area (Å²) in [7, 11) is 0. The Morgan fingerprint density at radius 2 is 1.43 bits per heavy atom. The minimum atomic E-state index is 1.03. The third kappa shape index (κ3) is 21.4. The third-order valence-electron chi connectivity index (χ3n) is 0.500. The normalized spacial score (nSPS) is 6.71. The van der Waals surface area contributed by atoms with Crippen molar-refractivity contribution in [2.45, 2.75) is 19.3 Å². The van der Waals surface area contributed by atoms with Crippen molar-refractivity contribution in [3.63, 3.8) is 0 Å². The first-order chi connectivity index (χ1) is 3.41.